The summed E-state index contributed by atoms with van der Waals surface area (Å²) in [5.41, 5.74) is 5.41. The maximum atomic E-state index is 13.5. The number of carbonyl (C=O) groups excluding carboxylic acids is 1. The summed E-state index contributed by atoms with van der Waals surface area (Å²) >= 11 is 0. The predicted molar refractivity (Wildman–Crippen MR) is 158 cm³/mol. The molecule has 0 bridgehead atoms. The minimum atomic E-state index is -0.340. The van der Waals surface area contributed by atoms with Crippen LogP contribution in [0, 0.1) is 6.92 Å². The highest BCUT2D eigenvalue weighted by Gasteiger charge is 2.22. The molecule has 40 heavy (non-hydrogen) atoms. The van der Waals surface area contributed by atoms with Crippen molar-refractivity contribution >= 4 is 40.0 Å². The summed E-state index contributed by atoms with van der Waals surface area (Å²) in [6.45, 7) is 7.59. The van der Waals surface area contributed by atoms with Crippen molar-refractivity contribution in [3.8, 4) is 11.6 Å². The Morgan fingerprint density at radius 3 is 2.80 bits per heavy atom. The molecule has 0 saturated heterocycles. The van der Waals surface area contributed by atoms with Crippen LogP contribution < -0.4 is 26.4 Å². The SMILES string of the molecule is C=CC(=O)Nc1cc(Nc2ncc(C)c(-n3c(=O)n4c5c(cccc53)CCC4)n2)c(OC)cc1NCCN(C)C. The first-order valence-corrected chi connectivity index (χ1v) is 13.2. The van der Waals surface area contributed by atoms with Gasteiger partial charge in [-0.05, 0) is 57.6 Å². The lowest BCUT2D eigenvalue weighted by Crippen LogP contribution is -2.26. The fourth-order valence-electron chi connectivity index (χ4n) is 4.96. The standard InChI is InChI=1S/C29H34N8O3/c1-6-25(38)32-21-15-22(24(40-5)16-20(21)30-12-14-35(3)4)33-28-31-17-18(2)27(34-28)37-23-11-7-9-19-10-8-13-36(26(19)23)29(37)39/h6-7,9,11,15-17,30H,1,8,10,12-14H2,2-5H3,(H,32,38)(H,31,33,34). The molecule has 0 spiro atoms. The molecule has 11 nitrogen and oxygen atoms in total. The van der Waals surface area contributed by atoms with E-state index in [1.807, 2.05) is 37.7 Å². The molecule has 1 aliphatic heterocycles. The summed E-state index contributed by atoms with van der Waals surface area (Å²) < 4.78 is 9.16. The average molecular weight is 543 g/mol. The minimum Gasteiger partial charge on any atom is -0.494 e. The molecule has 2 aromatic heterocycles. The fraction of sp³-hybridized carbons (Fsp3) is 0.310. The first-order chi connectivity index (χ1) is 19.3. The number of amides is 1. The van der Waals surface area contributed by atoms with Crippen molar-refractivity contribution in [3.63, 3.8) is 0 Å². The highest BCUT2D eigenvalue weighted by molar-refractivity contribution is 6.02. The van der Waals surface area contributed by atoms with E-state index in [1.165, 1.54) is 11.6 Å². The Bertz CT molecular complexity index is 1650. The Morgan fingerprint density at radius 2 is 2.05 bits per heavy atom. The highest BCUT2D eigenvalue weighted by atomic mass is 16.5. The van der Waals surface area contributed by atoms with Gasteiger partial charge in [-0.2, -0.15) is 4.98 Å². The summed E-state index contributed by atoms with van der Waals surface area (Å²) in [7, 11) is 5.55. The van der Waals surface area contributed by atoms with Crippen molar-refractivity contribution in [2.75, 3.05) is 50.2 Å². The number of likely N-dealkylation sites (N-methyl/N-ethyl adjacent to an activating group) is 1. The van der Waals surface area contributed by atoms with Gasteiger partial charge < -0.3 is 25.6 Å². The van der Waals surface area contributed by atoms with Crippen LogP contribution in [0.2, 0.25) is 0 Å². The van der Waals surface area contributed by atoms with E-state index >= 15 is 0 Å². The van der Waals surface area contributed by atoms with Gasteiger partial charge >= 0.3 is 5.69 Å². The number of nitrogens with zero attached hydrogens (tertiary/aromatic N) is 5. The van der Waals surface area contributed by atoms with E-state index in [1.54, 1.807) is 30.0 Å². The van der Waals surface area contributed by atoms with Crippen molar-refractivity contribution in [1.82, 2.24) is 24.0 Å². The first kappa shape index (κ1) is 26.9. The quantitative estimate of drug-likeness (QED) is 0.260. The van der Waals surface area contributed by atoms with Gasteiger partial charge in [0.1, 0.15) is 11.6 Å². The molecule has 0 aliphatic carbocycles. The number of methoxy groups -OCH3 is 1. The maximum Gasteiger partial charge on any atom is 0.334 e. The van der Waals surface area contributed by atoms with Crippen LogP contribution in [0.4, 0.5) is 23.0 Å². The minimum absolute atomic E-state index is 0.116. The molecule has 5 rings (SSSR count). The summed E-state index contributed by atoms with van der Waals surface area (Å²) in [4.78, 5) is 37.0. The predicted octanol–water partition coefficient (Wildman–Crippen LogP) is 3.69. The van der Waals surface area contributed by atoms with Crippen LogP contribution in [-0.2, 0) is 17.8 Å². The lowest BCUT2D eigenvalue weighted by Gasteiger charge is -2.19. The largest absolute Gasteiger partial charge is 0.494 e. The van der Waals surface area contributed by atoms with Crippen LogP contribution in [0.3, 0.4) is 0 Å². The van der Waals surface area contributed by atoms with Crippen molar-refractivity contribution in [2.45, 2.75) is 26.3 Å². The fourth-order valence-corrected chi connectivity index (χ4v) is 4.96. The van der Waals surface area contributed by atoms with Crippen molar-refractivity contribution in [2.24, 2.45) is 0 Å². The number of anilines is 4. The smallest absolute Gasteiger partial charge is 0.334 e. The third kappa shape index (κ3) is 5.15. The van der Waals surface area contributed by atoms with Crippen molar-refractivity contribution in [3.05, 3.63) is 70.8 Å². The Kier molecular flexibility index (Phi) is 7.56. The van der Waals surface area contributed by atoms with Gasteiger partial charge in [-0.1, -0.05) is 18.7 Å². The van der Waals surface area contributed by atoms with Gasteiger partial charge in [0.15, 0.2) is 0 Å². The zero-order chi connectivity index (χ0) is 28.4. The van der Waals surface area contributed by atoms with Crippen LogP contribution in [-0.4, -0.2) is 64.2 Å². The number of aromatic nitrogens is 4. The van der Waals surface area contributed by atoms with E-state index in [9.17, 15) is 9.59 Å². The second kappa shape index (κ2) is 11.2. The zero-order valence-corrected chi connectivity index (χ0v) is 23.2. The molecule has 3 N–H and O–H groups in total. The molecule has 0 unspecified atom stereocenters. The van der Waals surface area contributed by atoms with Gasteiger partial charge in [0.25, 0.3) is 0 Å². The van der Waals surface area contributed by atoms with Crippen LogP contribution in [0.1, 0.15) is 17.5 Å². The van der Waals surface area contributed by atoms with Crippen LogP contribution in [0.25, 0.3) is 16.9 Å². The first-order valence-electron chi connectivity index (χ1n) is 13.2. The normalized spacial score (nSPS) is 12.4. The van der Waals surface area contributed by atoms with Crippen LogP contribution >= 0.6 is 0 Å². The number of ether oxygens (including phenoxy) is 1. The third-order valence-corrected chi connectivity index (χ3v) is 6.92. The lowest BCUT2D eigenvalue weighted by molar-refractivity contribution is -0.111. The van der Waals surface area contributed by atoms with E-state index in [0.29, 0.717) is 41.7 Å². The van der Waals surface area contributed by atoms with Gasteiger partial charge in [-0.3, -0.25) is 9.36 Å². The Labute approximate surface area is 232 Å². The van der Waals surface area contributed by atoms with E-state index in [2.05, 4.69) is 38.5 Å². The Balaban J connectivity index is 1.55. The van der Waals surface area contributed by atoms with Gasteiger partial charge in [-0.25, -0.2) is 14.3 Å². The molecule has 0 atom stereocenters. The third-order valence-electron chi connectivity index (χ3n) is 6.92. The van der Waals surface area contributed by atoms with E-state index in [-0.39, 0.29) is 17.5 Å². The summed E-state index contributed by atoms with van der Waals surface area (Å²) in [5, 5.41) is 9.42. The van der Waals surface area contributed by atoms with Gasteiger partial charge in [0.05, 0.1) is 35.2 Å². The van der Waals surface area contributed by atoms with Gasteiger partial charge in [0, 0.05) is 37.5 Å². The molecule has 11 heteroatoms. The van der Waals surface area contributed by atoms with Crippen LogP contribution in [0.15, 0.2) is 54.0 Å². The lowest BCUT2D eigenvalue weighted by atomic mass is 10.0. The number of hydrogen-bond donors (Lipinski definition) is 3. The molecule has 2 aromatic carbocycles. The summed E-state index contributed by atoms with van der Waals surface area (Å²) in [6.07, 6.45) is 4.78. The summed E-state index contributed by atoms with van der Waals surface area (Å²) in [5.74, 6) is 0.977. The summed E-state index contributed by atoms with van der Waals surface area (Å²) in [6, 6.07) is 9.58. The second-order valence-corrected chi connectivity index (χ2v) is 10.0. The molecular formula is C29H34N8O3. The molecule has 3 heterocycles. The molecule has 0 saturated carbocycles. The highest BCUT2D eigenvalue weighted by Crippen LogP contribution is 2.36. The van der Waals surface area contributed by atoms with E-state index in [0.717, 1.165) is 36.0 Å². The number of hydrogen-bond acceptors (Lipinski definition) is 8. The van der Waals surface area contributed by atoms with Gasteiger partial charge in [-0.15, -0.1) is 0 Å². The Morgan fingerprint density at radius 1 is 1.23 bits per heavy atom. The van der Waals surface area contributed by atoms with Crippen molar-refractivity contribution in [1.29, 1.82) is 0 Å². The molecule has 0 fully saturated rings. The average Bonchev–Trinajstić information content (AvgIpc) is 3.23. The molecule has 4 aromatic rings. The molecule has 1 aliphatic rings. The number of nitrogens with one attached hydrogen (secondary N) is 3. The maximum absolute atomic E-state index is 13.5. The topological polar surface area (TPSA) is 118 Å². The number of para-hydroxylation sites is 1. The molecule has 208 valence electrons. The molecule has 1 amide bonds. The number of aryl methyl sites for hydroxylation is 3. The zero-order valence-electron chi connectivity index (χ0n) is 23.2. The van der Waals surface area contributed by atoms with Gasteiger partial charge in [0.2, 0.25) is 11.9 Å². The Hall–Kier alpha value is -4.64. The van der Waals surface area contributed by atoms with E-state index < -0.39 is 0 Å². The molecular weight excluding hydrogens is 508 g/mol. The number of benzene rings is 2. The second-order valence-electron chi connectivity index (χ2n) is 10.0. The number of imidazole rings is 1. The monoisotopic (exact) mass is 542 g/mol. The number of carbonyl (C=O) groups is 1. The van der Waals surface area contributed by atoms with E-state index in [4.69, 9.17) is 9.72 Å². The molecule has 0 radical (unpaired) electrons. The van der Waals surface area contributed by atoms with Crippen LogP contribution in [0.5, 0.6) is 5.75 Å². The van der Waals surface area contributed by atoms with Crippen molar-refractivity contribution < 1.29 is 9.53 Å². The number of rotatable bonds is 10.